The summed E-state index contributed by atoms with van der Waals surface area (Å²) in [6.07, 6.45) is 10.8. The molecule has 3 aliphatic rings. The lowest BCUT2D eigenvalue weighted by molar-refractivity contribution is 0.133. The minimum atomic E-state index is 0.264. The van der Waals surface area contributed by atoms with Crippen molar-refractivity contribution in [2.24, 2.45) is 11.3 Å². The summed E-state index contributed by atoms with van der Waals surface area (Å²) in [6.45, 7) is 7.23. The Hall–Kier alpha value is -2.22. The monoisotopic (exact) mass is 372 g/mol. The summed E-state index contributed by atoms with van der Waals surface area (Å²) < 4.78 is 0. The Bertz CT molecular complexity index is 867. The Morgan fingerprint density at radius 2 is 1.61 bits per heavy atom. The van der Waals surface area contributed by atoms with Crippen molar-refractivity contribution in [2.75, 3.05) is 4.90 Å². The minimum absolute atomic E-state index is 0.264. The van der Waals surface area contributed by atoms with Crippen molar-refractivity contribution in [1.82, 2.24) is 4.90 Å². The van der Waals surface area contributed by atoms with E-state index in [1.54, 1.807) is 0 Å². The van der Waals surface area contributed by atoms with Crippen LogP contribution in [0.1, 0.15) is 56.8 Å². The van der Waals surface area contributed by atoms with E-state index in [1.807, 2.05) is 0 Å². The molecule has 0 bridgehead atoms. The van der Waals surface area contributed by atoms with Crippen LogP contribution in [0.15, 0.2) is 66.9 Å². The van der Waals surface area contributed by atoms with E-state index in [9.17, 15) is 0 Å². The molecule has 2 heteroatoms. The van der Waals surface area contributed by atoms with Gasteiger partial charge in [0.1, 0.15) is 6.17 Å². The van der Waals surface area contributed by atoms with Gasteiger partial charge in [0.25, 0.3) is 0 Å². The van der Waals surface area contributed by atoms with Gasteiger partial charge in [0.15, 0.2) is 0 Å². The van der Waals surface area contributed by atoms with Gasteiger partial charge in [0, 0.05) is 17.1 Å². The average Bonchev–Trinajstić information content (AvgIpc) is 3.42. The van der Waals surface area contributed by atoms with Crippen LogP contribution in [0.5, 0.6) is 0 Å². The second kappa shape index (κ2) is 6.69. The first-order valence-electron chi connectivity index (χ1n) is 11.0. The molecule has 4 atom stereocenters. The first kappa shape index (κ1) is 17.8. The van der Waals surface area contributed by atoms with E-state index in [-0.39, 0.29) is 11.6 Å². The van der Waals surface area contributed by atoms with Crippen LogP contribution in [-0.4, -0.2) is 17.0 Å². The molecule has 2 aromatic rings. The normalized spacial score (nSPS) is 32.3. The summed E-state index contributed by atoms with van der Waals surface area (Å²) in [4.78, 5) is 5.36. The number of hydrogen-bond acceptors (Lipinski definition) is 2. The maximum Gasteiger partial charge on any atom is 0.128 e. The third-order valence-electron chi connectivity index (χ3n) is 7.73. The number of para-hydroxylation sites is 1. The summed E-state index contributed by atoms with van der Waals surface area (Å²) in [7, 11) is 0. The van der Waals surface area contributed by atoms with Gasteiger partial charge in [-0.3, -0.25) is 0 Å². The number of benzene rings is 2. The topological polar surface area (TPSA) is 6.48 Å². The van der Waals surface area contributed by atoms with Crippen molar-refractivity contribution in [3.63, 3.8) is 0 Å². The third kappa shape index (κ3) is 2.53. The predicted octanol–water partition coefficient (Wildman–Crippen LogP) is 6.30. The van der Waals surface area contributed by atoms with Crippen LogP contribution in [0.3, 0.4) is 0 Å². The van der Waals surface area contributed by atoms with Gasteiger partial charge in [0.2, 0.25) is 0 Å². The van der Waals surface area contributed by atoms with E-state index < -0.39 is 0 Å². The highest BCUT2D eigenvalue weighted by molar-refractivity contribution is 5.58. The first-order valence-corrected chi connectivity index (χ1v) is 11.0. The van der Waals surface area contributed by atoms with Crippen molar-refractivity contribution in [2.45, 2.75) is 64.7 Å². The largest absolute Gasteiger partial charge is 0.348 e. The molecule has 1 saturated carbocycles. The SMILES string of the molecule is Cc1ccccc1N1C(c2ccccc2)N2C=CC(C)(C3CCCC3)C2[C@@H]1C. The Morgan fingerprint density at radius 3 is 2.32 bits per heavy atom. The molecule has 2 aliphatic heterocycles. The van der Waals surface area contributed by atoms with Gasteiger partial charge in [-0.15, -0.1) is 0 Å². The van der Waals surface area contributed by atoms with Gasteiger partial charge in [-0.25, -0.2) is 0 Å². The second-order valence-corrected chi connectivity index (χ2v) is 9.27. The summed E-state index contributed by atoms with van der Waals surface area (Å²) in [5.74, 6) is 0.814. The van der Waals surface area contributed by atoms with Gasteiger partial charge in [0.05, 0.1) is 6.04 Å². The number of hydrogen-bond donors (Lipinski definition) is 0. The summed E-state index contributed by atoms with van der Waals surface area (Å²) in [5, 5.41) is 0. The molecule has 2 heterocycles. The summed E-state index contributed by atoms with van der Waals surface area (Å²) in [6, 6.07) is 21.0. The second-order valence-electron chi connectivity index (χ2n) is 9.27. The van der Waals surface area contributed by atoms with Crippen LogP contribution in [0.25, 0.3) is 0 Å². The fourth-order valence-corrected chi connectivity index (χ4v) is 6.37. The molecule has 5 rings (SSSR count). The van der Waals surface area contributed by atoms with Gasteiger partial charge in [-0.2, -0.15) is 0 Å². The van der Waals surface area contributed by atoms with Gasteiger partial charge < -0.3 is 9.80 Å². The lowest BCUT2D eigenvalue weighted by Gasteiger charge is -2.39. The molecular weight excluding hydrogens is 340 g/mol. The van der Waals surface area contributed by atoms with Crippen LogP contribution in [0, 0.1) is 18.3 Å². The van der Waals surface area contributed by atoms with E-state index in [4.69, 9.17) is 0 Å². The molecule has 2 aromatic carbocycles. The van der Waals surface area contributed by atoms with Gasteiger partial charge >= 0.3 is 0 Å². The molecule has 146 valence electrons. The van der Waals surface area contributed by atoms with E-state index in [1.165, 1.54) is 42.5 Å². The Morgan fingerprint density at radius 1 is 0.929 bits per heavy atom. The zero-order chi connectivity index (χ0) is 19.3. The number of fused-ring (bicyclic) bond motifs is 1. The zero-order valence-electron chi connectivity index (χ0n) is 17.4. The molecule has 0 aromatic heterocycles. The quantitative estimate of drug-likeness (QED) is 0.624. The van der Waals surface area contributed by atoms with Crippen molar-refractivity contribution < 1.29 is 0 Å². The van der Waals surface area contributed by atoms with Crippen LogP contribution in [-0.2, 0) is 0 Å². The van der Waals surface area contributed by atoms with Crippen LogP contribution in [0.2, 0.25) is 0 Å². The number of rotatable bonds is 3. The van der Waals surface area contributed by atoms with Crippen molar-refractivity contribution in [1.29, 1.82) is 0 Å². The van der Waals surface area contributed by atoms with Crippen LogP contribution < -0.4 is 4.90 Å². The lowest BCUT2D eigenvalue weighted by atomic mass is 9.70. The molecule has 28 heavy (non-hydrogen) atoms. The van der Waals surface area contributed by atoms with E-state index in [2.05, 4.69) is 97.4 Å². The zero-order valence-corrected chi connectivity index (χ0v) is 17.4. The van der Waals surface area contributed by atoms with Crippen LogP contribution >= 0.6 is 0 Å². The summed E-state index contributed by atoms with van der Waals surface area (Å²) >= 11 is 0. The highest BCUT2D eigenvalue weighted by Crippen LogP contribution is 2.56. The standard InChI is InChI=1S/C26H32N2/c1-19-11-7-10-16-23(19)28-20(2)24-26(3,22-14-8-9-15-22)17-18-27(24)25(28)21-12-5-4-6-13-21/h4-7,10-13,16-18,20,22,24-25H,8-9,14-15H2,1-3H3/t20-,24?,25?,26?/m0/s1. The molecule has 0 amide bonds. The predicted molar refractivity (Wildman–Crippen MR) is 117 cm³/mol. The number of aryl methyl sites for hydroxylation is 1. The Labute approximate surface area is 169 Å². The Balaban J connectivity index is 1.62. The summed E-state index contributed by atoms with van der Waals surface area (Å²) in [5.41, 5.74) is 4.39. The molecule has 0 spiro atoms. The van der Waals surface area contributed by atoms with E-state index in [0.717, 1.165) is 5.92 Å². The lowest BCUT2D eigenvalue weighted by Crippen LogP contribution is -2.45. The Kier molecular flexibility index (Phi) is 4.26. The molecule has 2 fully saturated rings. The minimum Gasteiger partial charge on any atom is -0.348 e. The smallest absolute Gasteiger partial charge is 0.128 e. The highest BCUT2D eigenvalue weighted by atomic mass is 15.5. The average molecular weight is 373 g/mol. The first-order chi connectivity index (χ1) is 13.6. The fraction of sp³-hybridized carbons (Fsp3) is 0.462. The van der Waals surface area contributed by atoms with Crippen molar-refractivity contribution in [3.05, 3.63) is 78.0 Å². The maximum absolute atomic E-state index is 2.69. The molecule has 2 nitrogen and oxygen atoms in total. The van der Waals surface area contributed by atoms with Crippen molar-refractivity contribution >= 4 is 5.69 Å². The number of anilines is 1. The molecular formula is C26H32N2. The van der Waals surface area contributed by atoms with E-state index in [0.29, 0.717) is 12.1 Å². The molecule has 0 radical (unpaired) electrons. The maximum atomic E-state index is 2.69. The molecule has 3 unspecified atom stereocenters. The van der Waals surface area contributed by atoms with Crippen LogP contribution in [0.4, 0.5) is 5.69 Å². The fourth-order valence-electron chi connectivity index (χ4n) is 6.37. The van der Waals surface area contributed by atoms with Gasteiger partial charge in [-0.1, -0.05) is 74.4 Å². The van der Waals surface area contributed by atoms with Gasteiger partial charge in [-0.05, 0) is 56.0 Å². The molecule has 1 saturated heterocycles. The molecule has 0 N–H and O–H groups in total. The molecule has 1 aliphatic carbocycles. The van der Waals surface area contributed by atoms with E-state index >= 15 is 0 Å². The third-order valence-corrected chi connectivity index (χ3v) is 7.73. The highest BCUT2D eigenvalue weighted by Gasteiger charge is 2.56. The number of nitrogens with zero attached hydrogens (tertiary/aromatic N) is 2. The van der Waals surface area contributed by atoms with Crippen molar-refractivity contribution in [3.8, 4) is 0 Å².